The van der Waals surface area contributed by atoms with Crippen molar-refractivity contribution >= 4 is 5.97 Å². The summed E-state index contributed by atoms with van der Waals surface area (Å²) in [7, 11) is 0.131. The number of ether oxygens (including phenoxy) is 2. The number of likely N-dealkylation sites (tertiary alicyclic amines) is 1. The molecule has 0 N–H and O–H groups in total. The Hall–Kier alpha value is -2.17. The average Bonchev–Trinajstić information content (AvgIpc) is 2.83. The molecule has 0 aliphatic carbocycles. The Morgan fingerprint density at radius 3 is 2.22 bits per heavy atom. The Morgan fingerprint density at radius 2 is 1.70 bits per heavy atom. The Kier molecular flexibility index (Phi) is 3.94. The number of benzene rings is 2. The molecular formula is C23H29NO3. The van der Waals surface area contributed by atoms with Gasteiger partial charge in [-0.25, -0.2) is 4.79 Å². The first-order valence-corrected chi connectivity index (χ1v) is 8.89. The normalized spacial score (nSPS) is 22.1. The zero-order chi connectivity index (χ0) is 25.9. The number of rotatable bonds is 7. The van der Waals surface area contributed by atoms with Crippen LogP contribution < -0.4 is 0 Å². The van der Waals surface area contributed by atoms with E-state index in [4.69, 9.17) is 20.4 Å². The van der Waals surface area contributed by atoms with Crippen LogP contribution in [-0.4, -0.2) is 43.6 Å². The Labute approximate surface area is 173 Å². The Morgan fingerprint density at radius 1 is 1.11 bits per heavy atom. The van der Waals surface area contributed by atoms with Crippen molar-refractivity contribution < 1.29 is 25.2 Å². The molecule has 2 aromatic rings. The van der Waals surface area contributed by atoms with Gasteiger partial charge in [0.15, 0.2) is 0 Å². The predicted octanol–water partition coefficient (Wildman–Crippen LogP) is 3.99. The molecule has 0 unspecified atom stereocenters. The lowest BCUT2D eigenvalue weighted by molar-refractivity contribution is -0.176. The van der Waals surface area contributed by atoms with E-state index in [0.717, 1.165) is 0 Å². The van der Waals surface area contributed by atoms with Crippen LogP contribution in [0.25, 0.3) is 0 Å². The minimum Gasteiger partial charge on any atom is -0.460 e. The van der Waals surface area contributed by atoms with E-state index in [1.165, 1.54) is 24.3 Å². The third kappa shape index (κ3) is 4.40. The molecule has 4 heteroatoms. The van der Waals surface area contributed by atoms with Gasteiger partial charge in [0.05, 0.1) is 2.74 Å². The summed E-state index contributed by atoms with van der Waals surface area (Å²) in [4.78, 5) is 15.8. The van der Waals surface area contributed by atoms with E-state index in [1.54, 1.807) is 36.4 Å². The highest BCUT2D eigenvalue weighted by molar-refractivity contribution is 5.86. The van der Waals surface area contributed by atoms with Crippen molar-refractivity contribution in [2.45, 2.75) is 37.8 Å². The maximum Gasteiger partial charge on any atom is 0.348 e. The molecule has 1 heterocycles. The summed E-state index contributed by atoms with van der Waals surface area (Å²) >= 11 is 0. The van der Waals surface area contributed by atoms with Crippen LogP contribution in [0.15, 0.2) is 60.7 Å². The second kappa shape index (κ2) is 9.16. The summed E-state index contributed by atoms with van der Waals surface area (Å²) in [6.07, 6.45) is -3.04. The maximum absolute atomic E-state index is 13.9. The van der Waals surface area contributed by atoms with E-state index in [2.05, 4.69) is 0 Å². The third-order valence-corrected chi connectivity index (χ3v) is 4.71. The van der Waals surface area contributed by atoms with E-state index < -0.39 is 37.5 Å². The number of carbonyl (C=O) groups excluding carboxylic acids is 1. The molecule has 1 saturated heterocycles. The van der Waals surface area contributed by atoms with Gasteiger partial charge in [-0.15, -0.1) is 0 Å². The van der Waals surface area contributed by atoms with E-state index in [0.29, 0.717) is 25.9 Å². The summed E-state index contributed by atoms with van der Waals surface area (Å²) in [5.41, 5.74) is -1.94. The van der Waals surface area contributed by atoms with Crippen molar-refractivity contribution in [3.63, 3.8) is 0 Å². The predicted molar refractivity (Wildman–Crippen MR) is 107 cm³/mol. The van der Waals surface area contributed by atoms with Gasteiger partial charge in [0, 0.05) is 27.9 Å². The largest absolute Gasteiger partial charge is 0.460 e. The minimum atomic E-state index is -3.45. The smallest absolute Gasteiger partial charge is 0.348 e. The molecule has 1 aliphatic rings. The third-order valence-electron chi connectivity index (χ3n) is 4.71. The van der Waals surface area contributed by atoms with E-state index in [-0.39, 0.29) is 18.2 Å². The zero-order valence-electron chi connectivity index (χ0n) is 23.1. The average molecular weight is 376 g/mol. The maximum atomic E-state index is 13.9. The molecule has 2 aromatic carbocycles. The highest BCUT2D eigenvalue weighted by Crippen LogP contribution is 2.36. The lowest BCUT2D eigenvalue weighted by Gasteiger charge is -2.36. The van der Waals surface area contributed by atoms with Crippen molar-refractivity contribution in [2.75, 3.05) is 26.7 Å². The van der Waals surface area contributed by atoms with Crippen molar-refractivity contribution in [1.29, 1.82) is 0 Å². The van der Waals surface area contributed by atoms with Gasteiger partial charge >= 0.3 is 5.97 Å². The fraction of sp³-hybridized carbons (Fsp3) is 0.435. The van der Waals surface area contributed by atoms with Crippen LogP contribution in [0, 0.1) is 0 Å². The molecule has 0 aromatic heterocycles. The van der Waals surface area contributed by atoms with Crippen molar-refractivity contribution in [3.8, 4) is 0 Å². The number of hydrogen-bond acceptors (Lipinski definition) is 4. The number of carbonyl (C=O) groups is 1. The lowest BCUT2D eigenvalue weighted by Crippen LogP contribution is -2.45. The van der Waals surface area contributed by atoms with Gasteiger partial charge < -0.3 is 14.4 Å². The molecule has 1 aliphatic heterocycles. The van der Waals surface area contributed by atoms with Crippen LogP contribution in [0.2, 0.25) is 0 Å². The fourth-order valence-corrected chi connectivity index (χ4v) is 3.27. The first-order valence-electron chi connectivity index (χ1n) is 13.1. The van der Waals surface area contributed by atoms with Crippen LogP contribution in [-0.2, 0) is 19.9 Å². The van der Waals surface area contributed by atoms with Crippen LogP contribution >= 0.6 is 0 Å². The minimum absolute atomic E-state index is 0.131. The molecular weight excluding hydrogens is 338 g/mol. The molecule has 4 nitrogen and oxygen atoms in total. The van der Waals surface area contributed by atoms with Crippen LogP contribution in [0.5, 0.6) is 0 Å². The summed E-state index contributed by atoms with van der Waals surface area (Å²) in [6.45, 7) is -5.69. The summed E-state index contributed by atoms with van der Waals surface area (Å²) in [5.74, 6) is -0.968. The molecule has 0 bridgehead atoms. The van der Waals surface area contributed by atoms with E-state index in [9.17, 15) is 4.79 Å². The molecule has 144 valence electrons. The first kappa shape index (κ1) is 11.6. The lowest BCUT2D eigenvalue weighted by atomic mass is 9.85. The SMILES string of the molecule is [2H]CN1CCC(OC(=O)C(OC([2H])([2H])C([2H])([2H])C([2H])([2H])[2H])(c2ccccc2)c2ccccc2)CC1. The van der Waals surface area contributed by atoms with Gasteiger partial charge in [-0.1, -0.05) is 67.5 Å². The Bertz CT molecular complexity index is 938. The standard InChI is InChI=1S/C23H29NO3/c1-3-18-26-23(19-10-6-4-7-11-19,20-12-8-5-9-13-20)22(25)27-21-14-16-24(2)17-15-21/h4-13,21H,3,14-18H2,1-2H3/i1D3,2D,3D2,18D2. The molecule has 1 fully saturated rings. The molecule has 0 spiro atoms. The van der Waals surface area contributed by atoms with Crippen molar-refractivity contribution in [1.82, 2.24) is 4.90 Å². The van der Waals surface area contributed by atoms with Gasteiger partial charge in [-0.2, -0.15) is 0 Å². The molecule has 27 heavy (non-hydrogen) atoms. The summed E-state index contributed by atoms with van der Waals surface area (Å²) < 4.78 is 74.6. The summed E-state index contributed by atoms with van der Waals surface area (Å²) in [5, 5.41) is 0. The Balaban J connectivity index is 2.12. The van der Waals surface area contributed by atoms with Gasteiger partial charge in [0.1, 0.15) is 6.10 Å². The van der Waals surface area contributed by atoms with Gasteiger partial charge in [-0.3, -0.25) is 0 Å². The highest BCUT2D eigenvalue weighted by Gasteiger charge is 2.46. The number of esters is 1. The first-order chi connectivity index (χ1) is 16.3. The van der Waals surface area contributed by atoms with Crippen molar-refractivity contribution in [3.05, 3.63) is 71.8 Å². The fourth-order valence-electron chi connectivity index (χ4n) is 3.27. The summed E-state index contributed by atoms with van der Waals surface area (Å²) in [6, 6.07) is 15.9. The molecule has 3 rings (SSSR count). The molecule has 0 amide bonds. The molecule has 0 radical (unpaired) electrons. The number of hydrogen-bond donors (Lipinski definition) is 0. The van der Waals surface area contributed by atoms with Crippen LogP contribution in [0.4, 0.5) is 0 Å². The highest BCUT2D eigenvalue weighted by atomic mass is 16.6. The quantitative estimate of drug-likeness (QED) is 0.686. The van der Waals surface area contributed by atoms with Crippen LogP contribution in [0.1, 0.15) is 48.2 Å². The van der Waals surface area contributed by atoms with E-state index >= 15 is 0 Å². The second-order valence-electron chi connectivity index (χ2n) is 6.47. The van der Waals surface area contributed by atoms with Gasteiger partial charge in [0.2, 0.25) is 5.60 Å². The second-order valence-corrected chi connectivity index (χ2v) is 6.47. The van der Waals surface area contributed by atoms with Crippen molar-refractivity contribution in [2.24, 2.45) is 0 Å². The van der Waals surface area contributed by atoms with Gasteiger partial charge in [0.25, 0.3) is 0 Å². The zero-order valence-corrected chi connectivity index (χ0v) is 15.1. The molecule has 0 atom stereocenters. The topological polar surface area (TPSA) is 38.8 Å². The molecule has 0 saturated carbocycles. The van der Waals surface area contributed by atoms with E-state index in [1.807, 2.05) is 4.90 Å². The van der Waals surface area contributed by atoms with Crippen LogP contribution in [0.3, 0.4) is 0 Å². The monoisotopic (exact) mass is 375 g/mol. The number of nitrogens with zero attached hydrogens (tertiary/aromatic N) is 1. The number of piperidine rings is 1. The van der Waals surface area contributed by atoms with Gasteiger partial charge in [-0.05, 0) is 37.4 Å².